The zero-order chi connectivity index (χ0) is 25.1. The molecule has 2 aromatic heterocycles. The summed E-state index contributed by atoms with van der Waals surface area (Å²) in [7, 11) is 0. The fraction of sp³-hybridized carbons (Fsp3) is 0.474. The molecule has 0 aliphatic carbocycles. The summed E-state index contributed by atoms with van der Waals surface area (Å²) < 4.78 is 81.8. The Morgan fingerprint density at radius 2 is 1.71 bits per heavy atom. The molecule has 2 N–H and O–H groups in total. The molecule has 0 bridgehead atoms. The number of aromatic amines is 1. The molecule has 1 aliphatic heterocycles. The maximum Gasteiger partial charge on any atom is 0.421 e. The summed E-state index contributed by atoms with van der Waals surface area (Å²) in [5.41, 5.74) is -3.71. The lowest BCUT2D eigenvalue weighted by molar-refractivity contribution is -0.139. The van der Waals surface area contributed by atoms with Crippen LogP contribution in [0.2, 0.25) is 0 Å². The van der Waals surface area contributed by atoms with Crippen LogP contribution in [0.25, 0.3) is 0 Å². The fourth-order valence-electron chi connectivity index (χ4n) is 3.20. The van der Waals surface area contributed by atoms with Crippen molar-refractivity contribution in [3.63, 3.8) is 0 Å². The van der Waals surface area contributed by atoms with E-state index in [2.05, 4.69) is 9.97 Å². The van der Waals surface area contributed by atoms with Crippen LogP contribution in [0.1, 0.15) is 16.7 Å². The highest BCUT2D eigenvalue weighted by atomic mass is 19.4. The van der Waals surface area contributed by atoms with Gasteiger partial charge < -0.3 is 24.6 Å². The molecule has 0 aromatic carbocycles. The number of carbonyl (C=O) groups is 1. The van der Waals surface area contributed by atoms with E-state index in [0.29, 0.717) is 18.5 Å². The summed E-state index contributed by atoms with van der Waals surface area (Å²) in [5, 5.41) is 9.49. The van der Waals surface area contributed by atoms with Gasteiger partial charge in [-0.25, -0.2) is 14.8 Å². The number of nitrogens with zero attached hydrogens (tertiary/aromatic N) is 4. The third kappa shape index (κ3) is 6.15. The maximum atomic E-state index is 12.9. The van der Waals surface area contributed by atoms with Gasteiger partial charge in [-0.2, -0.15) is 26.3 Å². The largest absolute Gasteiger partial charge is 0.443 e. The van der Waals surface area contributed by atoms with Crippen LogP contribution < -0.4 is 10.5 Å². The Labute approximate surface area is 188 Å². The zero-order valence-corrected chi connectivity index (χ0v) is 17.4. The lowest BCUT2D eigenvalue weighted by Crippen LogP contribution is -2.50. The first-order valence-corrected chi connectivity index (χ1v) is 9.88. The summed E-state index contributed by atoms with van der Waals surface area (Å²) in [4.78, 5) is 36.0. The second-order valence-electron chi connectivity index (χ2n) is 7.38. The van der Waals surface area contributed by atoms with Crippen molar-refractivity contribution in [1.29, 1.82) is 0 Å². The summed E-state index contributed by atoms with van der Waals surface area (Å²) in [6.45, 7) is -0.0691. The Bertz CT molecular complexity index is 1050. The van der Waals surface area contributed by atoms with Gasteiger partial charge in [0.15, 0.2) is 0 Å². The van der Waals surface area contributed by atoms with E-state index in [1.165, 1.54) is 4.90 Å². The van der Waals surface area contributed by atoms with E-state index in [0.717, 1.165) is 6.20 Å². The number of alkyl halides is 6. The molecule has 1 aliphatic rings. The number of aliphatic hydroxyl groups excluding tert-OH is 1. The van der Waals surface area contributed by atoms with Crippen molar-refractivity contribution < 1.29 is 41.0 Å². The molecule has 2 aromatic rings. The Kier molecular flexibility index (Phi) is 7.33. The Morgan fingerprint density at radius 3 is 2.24 bits per heavy atom. The van der Waals surface area contributed by atoms with Crippen molar-refractivity contribution in [1.82, 2.24) is 19.9 Å². The molecule has 1 amide bonds. The van der Waals surface area contributed by atoms with E-state index in [9.17, 15) is 41.0 Å². The van der Waals surface area contributed by atoms with Gasteiger partial charge in [-0.1, -0.05) is 0 Å². The number of halogens is 6. The van der Waals surface area contributed by atoms with Gasteiger partial charge in [-0.05, 0) is 11.6 Å². The first kappa shape index (κ1) is 25.3. The van der Waals surface area contributed by atoms with Gasteiger partial charge in [0.05, 0.1) is 12.2 Å². The molecule has 34 heavy (non-hydrogen) atoms. The number of pyridine rings is 1. The van der Waals surface area contributed by atoms with Gasteiger partial charge in [-0.3, -0.25) is 4.79 Å². The van der Waals surface area contributed by atoms with E-state index >= 15 is 0 Å². The standard InChI is InChI=1S/C19H19F6N5O4/c20-18(21,22)12-8-27-16(28-9-12)29-1-3-30(4-2-29)17(33)34-13(10-31)5-11-6-14(19(23,24)25)15(32)26-7-11/h6-9,13,31H,1-5,10H2,(H,26,32). The molecule has 0 spiro atoms. The molecule has 15 heteroatoms. The van der Waals surface area contributed by atoms with Crippen molar-refractivity contribution in [3.8, 4) is 0 Å². The predicted octanol–water partition coefficient (Wildman–Crippen LogP) is 2.06. The average Bonchev–Trinajstić information content (AvgIpc) is 2.78. The van der Waals surface area contributed by atoms with E-state index in [1.54, 1.807) is 4.90 Å². The number of hydrogen-bond donors (Lipinski definition) is 2. The average molecular weight is 495 g/mol. The van der Waals surface area contributed by atoms with E-state index < -0.39 is 47.8 Å². The highest BCUT2D eigenvalue weighted by Gasteiger charge is 2.35. The molecule has 0 saturated carbocycles. The topological polar surface area (TPSA) is 112 Å². The second-order valence-corrected chi connectivity index (χ2v) is 7.38. The highest BCUT2D eigenvalue weighted by Crippen LogP contribution is 2.29. The van der Waals surface area contributed by atoms with Crippen molar-refractivity contribution in [3.05, 3.63) is 51.7 Å². The molecule has 3 heterocycles. The van der Waals surface area contributed by atoms with Gasteiger partial charge in [0, 0.05) is 51.2 Å². The van der Waals surface area contributed by atoms with E-state index in [4.69, 9.17) is 4.74 Å². The lowest BCUT2D eigenvalue weighted by Gasteiger charge is -2.34. The zero-order valence-electron chi connectivity index (χ0n) is 17.4. The van der Waals surface area contributed by atoms with E-state index in [-0.39, 0.29) is 44.1 Å². The first-order chi connectivity index (χ1) is 15.9. The molecular formula is C19H19F6N5O4. The number of anilines is 1. The van der Waals surface area contributed by atoms with Gasteiger partial charge >= 0.3 is 18.4 Å². The van der Waals surface area contributed by atoms with Crippen LogP contribution in [-0.2, 0) is 23.5 Å². The van der Waals surface area contributed by atoms with Crippen molar-refractivity contribution in [2.75, 3.05) is 37.7 Å². The highest BCUT2D eigenvalue weighted by molar-refractivity contribution is 5.68. The number of piperazine rings is 1. The SMILES string of the molecule is O=C(OC(CO)Cc1c[nH]c(=O)c(C(F)(F)F)c1)N1CCN(c2ncc(C(F)(F)F)cn2)CC1. The minimum absolute atomic E-state index is 0.00282. The van der Waals surface area contributed by atoms with Gasteiger partial charge in [0.25, 0.3) is 5.56 Å². The summed E-state index contributed by atoms with van der Waals surface area (Å²) in [6, 6.07) is 0.623. The smallest absolute Gasteiger partial charge is 0.421 e. The van der Waals surface area contributed by atoms with E-state index in [1.807, 2.05) is 4.98 Å². The molecule has 1 fully saturated rings. The van der Waals surface area contributed by atoms with Crippen LogP contribution in [0, 0.1) is 0 Å². The van der Waals surface area contributed by atoms with Crippen molar-refractivity contribution in [2.24, 2.45) is 0 Å². The van der Waals surface area contributed by atoms with Gasteiger partial charge in [0.2, 0.25) is 5.95 Å². The third-order valence-electron chi connectivity index (χ3n) is 4.99. The minimum Gasteiger partial charge on any atom is -0.443 e. The Hall–Kier alpha value is -3.36. The fourth-order valence-corrected chi connectivity index (χ4v) is 3.20. The maximum absolute atomic E-state index is 12.9. The summed E-state index contributed by atoms with van der Waals surface area (Å²) >= 11 is 0. The van der Waals surface area contributed by atoms with Crippen LogP contribution >= 0.6 is 0 Å². The van der Waals surface area contributed by atoms with Gasteiger partial charge in [-0.15, -0.1) is 0 Å². The quantitative estimate of drug-likeness (QED) is 0.611. The van der Waals surface area contributed by atoms with Gasteiger partial charge in [0.1, 0.15) is 11.7 Å². The number of H-pyrrole nitrogens is 1. The number of rotatable bonds is 5. The molecule has 1 atom stereocenters. The number of aromatic nitrogens is 3. The Balaban J connectivity index is 1.56. The molecule has 0 radical (unpaired) electrons. The molecule has 1 unspecified atom stereocenters. The monoisotopic (exact) mass is 495 g/mol. The summed E-state index contributed by atoms with van der Waals surface area (Å²) in [5.74, 6) is 0.0628. The minimum atomic E-state index is -4.87. The number of amides is 1. The lowest BCUT2D eigenvalue weighted by atomic mass is 10.1. The van der Waals surface area contributed by atoms with Crippen LogP contribution in [0.5, 0.6) is 0 Å². The van der Waals surface area contributed by atoms with Crippen molar-refractivity contribution in [2.45, 2.75) is 24.9 Å². The Morgan fingerprint density at radius 1 is 1.09 bits per heavy atom. The van der Waals surface area contributed by atoms with Crippen LogP contribution in [0.4, 0.5) is 37.1 Å². The third-order valence-corrected chi connectivity index (χ3v) is 4.99. The van der Waals surface area contributed by atoms with Crippen LogP contribution in [-0.4, -0.2) is 69.9 Å². The molecule has 3 rings (SSSR count). The molecular weight excluding hydrogens is 476 g/mol. The van der Waals surface area contributed by atoms with Crippen LogP contribution in [0.15, 0.2) is 29.5 Å². The normalized spacial score (nSPS) is 15.9. The predicted molar refractivity (Wildman–Crippen MR) is 104 cm³/mol. The first-order valence-electron chi connectivity index (χ1n) is 9.88. The number of ether oxygens (including phenoxy) is 1. The number of hydrogen-bond acceptors (Lipinski definition) is 7. The number of nitrogens with one attached hydrogen (secondary N) is 1. The molecule has 1 saturated heterocycles. The second kappa shape index (κ2) is 9.87. The number of carbonyl (C=O) groups excluding carboxylic acids is 1. The molecule has 186 valence electrons. The number of aliphatic hydroxyl groups is 1. The van der Waals surface area contributed by atoms with Crippen LogP contribution in [0.3, 0.4) is 0 Å². The summed E-state index contributed by atoms with van der Waals surface area (Å²) in [6.07, 6.45) is -9.34. The molecule has 9 nitrogen and oxygen atoms in total. The van der Waals surface area contributed by atoms with Crippen molar-refractivity contribution >= 4 is 12.0 Å².